The van der Waals surface area contributed by atoms with Crippen molar-refractivity contribution in [3.63, 3.8) is 0 Å². The monoisotopic (exact) mass is 371 g/mol. The molecule has 0 bridgehead atoms. The Bertz CT molecular complexity index is 1200. The Morgan fingerprint density at radius 1 is 0.964 bits per heavy atom. The van der Waals surface area contributed by atoms with Crippen LogP contribution in [0.3, 0.4) is 0 Å². The summed E-state index contributed by atoms with van der Waals surface area (Å²) in [7, 11) is 0. The molecule has 0 spiro atoms. The lowest BCUT2D eigenvalue weighted by Gasteiger charge is -2.10. The number of hydrogen-bond donors (Lipinski definition) is 1. The van der Waals surface area contributed by atoms with Crippen molar-refractivity contribution in [1.82, 2.24) is 9.66 Å². The van der Waals surface area contributed by atoms with Gasteiger partial charge in [-0.15, -0.1) is 0 Å². The summed E-state index contributed by atoms with van der Waals surface area (Å²) in [6.07, 6.45) is 1.43. The molecule has 0 saturated heterocycles. The fraction of sp³-hybridized carbons (Fsp3) is 0.0455. The summed E-state index contributed by atoms with van der Waals surface area (Å²) in [5, 5.41) is 14.7. The Labute approximate surface area is 161 Å². The van der Waals surface area contributed by atoms with Gasteiger partial charge in [-0.25, -0.2) is 4.98 Å². The van der Waals surface area contributed by atoms with Crippen LogP contribution in [0, 0.1) is 0 Å². The summed E-state index contributed by atoms with van der Waals surface area (Å²) >= 11 is 0. The van der Waals surface area contributed by atoms with Gasteiger partial charge < -0.3 is 9.84 Å². The van der Waals surface area contributed by atoms with Gasteiger partial charge >= 0.3 is 0 Å². The van der Waals surface area contributed by atoms with Crippen LogP contribution in [-0.2, 0) is 6.61 Å². The van der Waals surface area contributed by atoms with Crippen LogP contribution in [0.1, 0.15) is 11.4 Å². The van der Waals surface area contributed by atoms with Crippen molar-refractivity contribution < 1.29 is 9.84 Å². The van der Waals surface area contributed by atoms with Gasteiger partial charge in [0.1, 0.15) is 18.1 Å². The van der Waals surface area contributed by atoms with E-state index in [9.17, 15) is 9.90 Å². The quantitative estimate of drug-likeness (QED) is 0.544. The molecule has 0 unspecified atom stereocenters. The van der Waals surface area contributed by atoms with Crippen molar-refractivity contribution in [2.24, 2.45) is 5.10 Å². The third-order valence-corrected chi connectivity index (χ3v) is 4.18. The number of fused-ring (bicyclic) bond motifs is 1. The molecule has 1 N–H and O–H groups in total. The second-order valence-corrected chi connectivity index (χ2v) is 6.07. The van der Waals surface area contributed by atoms with E-state index in [4.69, 9.17) is 4.74 Å². The molecule has 4 rings (SSSR count). The predicted molar refractivity (Wildman–Crippen MR) is 108 cm³/mol. The molecular weight excluding hydrogens is 354 g/mol. The van der Waals surface area contributed by atoms with E-state index in [0.717, 1.165) is 0 Å². The lowest BCUT2D eigenvalue weighted by molar-refractivity contribution is 0.289. The van der Waals surface area contributed by atoms with Gasteiger partial charge in [0.15, 0.2) is 5.82 Å². The molecule has 0 fully saturated rings. The first-order valence-corrected chi connectivity index (χ1v) is 8.73. The molecule has 28 heavy (non-hydrogen) atoms. The summed E-state index contributed by atoms with van der Waals surface area (Å²) in [5.74, 6) is 1.11. The fourth-order valence-electron chi connectivity index (χ4n) is 2.76. The van der Waals surface area contributed by atoms with Crippen LogP contribution in [0.4, 0.5) is 0 Å². The normalized spacial score (nSPS) is 11.1. The van der Waals surface area contributed by atoms with Crippen LogP contribution in [0.25, 0.3) is 10.9 Å². The number of nitrogens with zero attached hydrogens (tertiary/aromatic N) is 3. The molecule has 4 aromatic rings. The summed E-state index contributed by atoms with van der Waals surface area (Å²) in [6.45, 7) is 0.0716. The molecule has 1 aromatic heterocycles. The standard InChI is InChI=1S/C22H17N3O3/c26-20-13-7-4-8-16(20)14-23-25-21(15-28-17-9-2-1-3-10-17)24-19-12-6-5-11-18(19)22(25)27/h1-14,26H,15H2/b23-14+. The lowest BCUT2D eigenvalue weighted by atomic mass is 10.2. The van der Waals surface area contributed by atoms with Crippen molar-refractivity contribution in [3.8, 4) is 11.5 Å². The second-order valence-electron chi connectivity index (χ2n) is 6.07. The molecule has 6 nitrogen and oxygen atoms in total. The highest BCUT2D eigenvalue weighted by molar-refractivity contribution is 5.83. The molecule has 1 heterocycles. The van der Waals surface area contributed by atoms with Crippen molar-refractivity contribution in [2.45, 2.75) is 6.61 Å². The molecule has 0 saturated carbocycles. The third-order valence-electron chi connectivity index (χ3n) is 4.18. The number of benzene rings is 3. The Hall–Kier alpha value is -3.93. The van der Waals surface area contributed by atoms with E-state index < -0.39 is 0 Å². The molecule has 0 radical (unpaired) electrons. The topological polar surface area (TPSA) is 76.7 Å². The average molecular weight is 371 g/mol. The predicted octanol–water partition coefficient (Wildman–Crippen LogP) is 3.56. The molecule has 138 valence electrons. The number of hydrogen-bond acceptors (Lipinski definition) is 5. The first-order valence-electron chi connectivity index (χ1n) is 8.73. The van der Waals surface area contributed by atoms with Crippen LogP contribution in [0.2, 0.25) is 0 Å². The zero-order valence-corrected chi connectivity index (χ0v) is 14.9. The highest BCUT2D eigenvalue weighted by Crippen LogP contribution is 2.15. The minimum absolute atomic E-state index is 0.0716. The first-order chi connectivity index (χ1) is 13.7. The Balaban J connectivity index is 1.77. The van der Waals surface area contributed by atoms with Crippen molar-refractivity contribution >= 4 is 17.1 Å². The van der Waals surface area contributed by atoms with Gasteiger partial charge in [-0.2, -0.15) is 9.78 Å². The molecular formula is C22H17N3O3. The van der Waals surface area contributed by atoms with E-state index in [-0.39, 0.29) is 17.9 Å². The summed E-state index contributed by atoms with van der Waals surface area (Å²) in [5.41, 5.74) is 0.773. The molecule has 0 amide bonds. The van der Waals surface area contributed by atoms with Gasteiger partial charge in [0.05, 0.1) is 17.1 Å². The van der Waals surface area contributed by atoms with Crippen LogP contribution in [-0.4, -0.2) is 21.0 Å². The average Bonchev–Trinajstić information content (AvgIpc) is 2.73. The van der Waals surface area contributed by atoms with E-state index in [1.807, 2.05) is 36.4 Å². The number of para-hydroxylation sites is 3. The van der Waals surface area contributed by atoms with Crippen LogP contribution >= 0.6 is 0 Å². The van der Waals surface area contributed by atoms with Crippen molar-refractivity contribution in [2.75, 3.05) is 0 Å². The summed E-state index contributed by atoms with van der Waals surface area (Å²) in [6, 6.07) is 23.1. The minimum Gasteiger partial charge on any atom is -0.507 e. The zero-order valence-electron chi connectivity index (χ0n) is 14.9. The summed E-state index contributed by atoms with van der Waals surface area (Å²) < 4.78 is 6.97. The largest absolute Gasteiger partial charge is 0.507 e. The van der Waals surface area contributed by atoms with Gasteiger partial charge in [0.25, 0.3) is 5.56 Å². The Morgan fingerprint density at radius 3 is 2.50 bits per heavy atom. The molecule has 0 aliphatic heterocycles. The van der Waals surface area contributed by atoms with E-state index in [2.05, 4.69) is 10.1 Å². The van der Waals surface area contributed by atoms with E-state index in [0.29, 0.717) is 28.0 Å². The first kappa shape index (κ1) is 17.5. The summed E-state index contributed by atoms with van der Waals surface area (Å²) in [4.78, 5) is 17.5. The number of phenolic OH excluding ortho intramolecular Hbond substituents is 1. The third kappa shape index (κ3) is 3.61. The minimum atomic E-state index is -0.302. The Morgan fingerprint density at radius 2 is 1.68 bits per heavy atom. The molecule has 0 aliphatic rings. The molecule has 6 heteroatoms. The van der Waals surface area contributed by atoms with Crippen molar-refractivity contribution in [1.29, 1.82) is 0 Å². The van der Waals surface area contributed by atoms with Gasteiger partial charge in [-0.3, -0.25) is 4.79 Å². The van der Waals surface area contributed by atoms with Gasteiger partial charge in [0.2, 0.25) is 0 Å². The molecule has 0 aliphatic carbocycles. The van der Waals surface area contributed by atoms with Crippen LogP contribution < -0.4 is 10.3 Å². The van der Waals surface area contributed by atoms with Crippen LogP contribution in [0.5, 0.6) is 11.5 Å². The van der Waals surface area contributed by atoms with Gasteiger partial charge in [0, 0.05) is 5.56 Å². The maximum Gasteiger partial charge on any atom is 0.282 e. The van der Waals surface area contributed by atoms with Gasteiger partial charge in [-0.05, 0) is 36.4 Å². The number of phenols is 1. The maximum absolute atomic E-state index is 13.0. The molecule has 3 aromatic carbocycles. The highest BCUT2D eigenvalue weighted by Gasteiger charge is 2.11. The second kappa shape index (κ2) is 7.75. The Kier molecular flexibility index (Phi) is 4.84. The number of ether oxygens (including phenoxy) is 1. The maximum atomic E-state index is 13.0. The SMILES string of the molecule is O=c1c2ccccc2nc(COc2ccccc2)n1/N=C/c1ccccc1O. The molecule has 0 atom stereocenters. The van der Waals surface area contributed by atoms with E-state index >= 15 is 0 Å². The number of aromatic hydroxyl groups is 1. The lowest BCUT2D eigenvalue weighted by Crippen LogP contribution is -2.23. The van der Waals surface area contributed by atoms with E-state index in [1.54, 1.807) is 42.5 Å². The van der Waals surface area contributed by atoms with E-state index in [1.165, 1.54) is 10.9 Å². The number of rotatable bonds is 5. The number of aromatic nitrogens is 2. The zero-order chi connectivity index (χ0) is 19.3. The van der Waals surface area contributed by atoms with Crippen LogP contribution in [0.15, 0.2) is 88.8 Å². The van der Waals surface area contributed by atoms with Crippen molar-refractivity contribution in [3.05, 3.63) is 101 Å². The highest BCUT2D eigenvalue weighted by atomic mass is 16.5. The van der Waals surface area contributed by atoms with Gasteiger partial charge in [-0.1, -0.05) is 42.5 Å². The fourth-order valence-corrected chi connectivity index (χ4v) is 2.76. The smallest absolute Gasteiger partial charge is 0.282 e.